The molecule has 0 radical (unpaired) electrons. The van der Waals surface area contributed by atoms with Crippen LogP contribution in [-0.2, 0) is 14.3 Å². The summed E-state index contributed by atoms with van der Waals surface area (Å²) in [7, 11) is 0. The molecular weight excluding hydrogens is 334 g/mol. The van der Waals surface area contributed by atoms with Gasteiger partial charge in [0, 0.05) is 13.3 Å². The normalized spacial score (nSPS) is 25.1. The number of hydrogen-bond acceptors (Lipinski definition) is 8. The molecule has 1 N–H and O–H groups in total. The monoisotopic (exact) mass is 353 g/mol. The molecule has 0 amide bonds. The molecule has 0 saturated carbocycles. The Kier molecular flexibility index (Phi) is 4.66. The fourth-order valence-corrected chi connectivity index (χ4v) is 3.69. The summed E-state index contributed by atoms with van der Waals surface area (Å²) in [6.45, 7) is 4.88. The maximum absolute atomic E-state index is 12.4. The number of esters is 1. The molecule has 0 aromatic carbocycles. The van der Waals surface area contributed by atoms with Crippen molar-refractivity contribution in [3.63, 3.8) is 0 Å². The SMILES string of the molecule is CC[C@@H](O)[C@@H]1C[C@@H](OC(C)=O)[C@H](n2c(=O)sc3cnc(C)nc32)O1. The maximum atomic E-state index is 12.4. The molecule has 1 fully saturated rings. The summed E-state index contributed by atoms with van der Waals surface area (Å²) < 4.78 is 13.2. The fourth-order valence-electron chi connectivity index (χ4n) is 2.87. The highest BCUT2D eigenvalue weighted by Crippen LogP contribution is 2.35. The van der Waals surface area contributed by atoms with Crippen molar-refractivity contribution in [1.82, 2.24) is 14.5 Å². The van der Waals surface area contributed by atoms with Crippen LogP contribution in [0.25, 0.3) is 10.3 Å². The zero-order valence-corrected chi connectivity index (χ0v) is 14.4. The van der Waals surface area contributed by atoms with Crippen LogP contribution in [0.1, 0.15) is 38.7 Å². The van der Waals surface area contributed by atoms with E-state index in [2.05, 4.69) is 9.97 Å². The van der Waals surface area contributed by atoms with Crippen LogP contribution in [0.3, 0.4) is 0 Å². The van der Waals surface area contributed by atoms with E-state index in [0.717, 1.165) is 11.3 Å². The quantitative estimate of drug-likeness (QED) is 0.822. The van der Waals surface area contributed by atoms with Crippen LogP contribution in [0.2, 0.25) is 0 Å². The smallest absolute Gasteiger partial charge is 0.311 e. The van der Waals surface area contributed by atoms with E-state index in [1.54, 1.807) is 13.1 Å². The molecule has 130 valence electrons. The van der Waals surface area contributed by atoms with Crippen molar-refractivity contribution in [3.05, 3.63) is 21.7 Å². The van der Waals surface area contributed by atoms with Gasteiger partial charge in [-0.3, -0.25) is 14.2 Å². The van der Waals surface area contributed by atoms with Crippen LogP contribution in [-0.4, -0.2) is 43.9 Å². The molecule has 0 aliphatic carbocycles. The zero-order valence-electron chi connectivity index (χ0n) is 13.6. The van der Waals surface area contributed by atoms with E-state index in [0.29, 0.717) is 29.0 Å². The van der Waals surface area contributed by atoms with Crippen molar-refractivity contribution >= 4 is 27.7 Å². The summed E-state index contributed by atoms with van der Waals surface area (Å²) in [5.41, 5.74) is 0.450. The molecule has 1 saturated heterocycles. The molecule has 24 heavy (non-hydrogen) atoms. The summed E-state index contributed by atoms with van der Waals surface area (Å²) >= 11 is 1.01. The van der Waals surface area contributed by atoms with E-state index in [1.807, 2.05) is 6.92 Å². The lowest BCUT2D eigenvalue weighted by atomic mass is 10.1. The molecule has 1 aliphatic heterocycles. The number of aliphatic hydroxyl groups excluding tert-OH is 1. The van der Waals surface area contributed by atoms with E-state index in [-0.39, 0.29) is 4.87 Å². The van der Waals surface area contributed by atoms with Crippen molar-refractivity contribution in [2.24, 2.45) is 0 Å². The van der Waals surface area contributed by atoms with E-state index < -0.39 is 30.5 Å². The molecule has 9 heteroatoms. The number of aromatic nitrogens is 3. The summed E-state index contributed by atoms with van der Waals surface area (Å²) in [6, 6.07) is 0. The maximum Gasteiger partial charge on any atom is 0.311 e. The highest BCUT2D eigenvalue weighted by atomic mass is 32.1. The Bertz CT molecular complexity index is 817. The van der Waals surface area contributed by atoms with Gasteiger partial charge in [-0.05, 0) is 13.3 Å². The number of fused-ring (bicyclic) bond motifs is 1. The second-order valence-corrected chi connectivity index (χ2v) is 6.76. The first-order valence-electron chi connectivity index (χ1n) is 7.76. The average Bonchev–Trinajstić information content (AvgIpc) is 3.05. The number of carbonyl (C=O) groups is 1. The van der Waals surface area contributed by atoms with Crippen LogP contribution in [0, 0.1) is 6.92 Å². The number of carbonyl (C=O) groups excluding carboxylic acids is 1. The molecule has 1 aliphatic rings. The van der Waals surface area contributed by atoms with Gasteiger partial charge in [-0.2, -0.15) is 0 Å². The number of ether oxygens (including phenoxy) is 2. The van der Waals surface area contributed by atoms with Crippen LogP contribution >= 0.6 is 11.3 Å². The first kappa shape index (κ1) is 17.0. The molecule has 8 nitrogen and oxygen atoms in total. The lowest BCUT2D eigenvalue weighted by molar-refractivity contribution is -0.152. The number of rotatable bonds is 4. The van der Waals surface area contributed by atoms with Crippen LogP contribution in [0.4, 0.5) is 0 Å². The Morgan fingerprint density at radius 1 is 1.62 bits per heavy atom. The first-order chi connectivity index (χ1) is 11.4. The van der Waals surface area contributed by atoms with Gasteiger partial charge in [0.05, 0.1) is 23.1 Å². The van der Waals surface area contributed by atoms with Crippen molar-refractivity contribution in [1.29, 1.82) is 0 Å². The zero-order chi connectivity index (χ0) is 17.4. The lowest BCUT2D eigenvalue weighted by Crippen LogP contribution is -2.30. The average molecular weight is 353 g/mol. The van der Waals surface area contributed by atoms with Crippen molar-refractivity contribution < 1.29 is 19.4 Å². The van der Waals surface area contributed by atoms with Gasteiger partial charge in [-0.1, -0.05) is 18.3 Å². The van der Waals surface area contributed by atoms with Gasteiger partial charge < -0.3 is 14.6 Å². The standard InChI is InChI=1S/C15H19N3O5S/c1-4-9(20)10-5-11(22-8(3)19)14(23-10)18-13-12(24-15(18)21)6-16-7(2)17-13/h6,9-11,14,20H,4-5H2,1-3H3/t9-,10+,11-,14-/m1/s1. The molecule has 2 aromatic rings. The first-order valence-corrected chi connectivity index (χ1v) is 8.57. The molecular formula is C15H19N3O5S. The third kappa shape index (κ3) is 3.06. The largest absolute Gasteiger partial charge is 0.458 e. The third-order valence-corrected chi connectivity index (χ3v) is 4.87. The molecule has 4 atom stereocenters. The van der Waals surface area contributed by atoms with E-state index in [9.17, 15) is 14.7 Å². The van der Waals surface area contributed by atoms with Gasteiger partial charge in [-0.15, -0.1) is 0 Å². The highest BCUT2D eigenvalue weighted by Gasteiger charge is 2.42. The summed E-state index contributed by atoms with van der Waals surface area (Å²) in [5, 5.41) is 10.1. The molecule has 3 heterocycles. The fraction of sp³-hybridized carbons (Fsp3) is 0.600. The van der Waals surface area contributed by atoms with E-state index >= 15 is 0 Å². The van der Waals surface area contributed by atoms with Crippen LogP contribution in [0.15, 0.2) is 11.0 Å². The third-order valence-electron chi connectivity index (χ3n) is 4.00. The Morgan fingerprint density at radius 3 is 3.04 bits per heavy atom. The minimum Gasteiger partial charge on any atom is -0.458 e. The van der Waals surface area contributed by atoms with Gasteiger partial charge in [0.15, 0.2) is 11.9 Å². The lowest BCUT2D eigenvalue weighted by Gasteiger charge is -2.20. The summed E-state index contributed by atoms with van der Waals surface area (Å²) in [5.74, 6) is 0.0693. The van der Waals surface area contributed by atoms with Crippen LogP contribution < -0.4 is 4.87 Å². The molecule has 0 unspecified atom stereocenters. The minimum absolute atomic E-state index is 0.265. The second kappa shape index (κ2) is 6.58. The molecule has 0 bridgehead atoms. The van der Waals surface area contributed by atoms with Gasteiger partial charge >= 0.3 is 10.8 Å². The minimum atomic E-state index is -0.810. The van der Waals surface area contributed by atoms with Gasteiger partial charge in [-0.25, -0.2) is 9.97 Å². The molecule has 3 rings (SSSR count). The van der Waals surface area contributed by atoms with Crippen molar-refractivity contribution in [3.8, 4) is 0 Å². The molecule has 0 spiro atoms. The van der Waals surface area contributed by atoms with Crippen molar-refractivity contribution in [2.45, 2.75) is 58.2 Å². The number of aryl methyl sites for hydroxylation is 1. The Labute approximate surface area is 142 Å². The predicted molar refractivity (Wildman–Crippen MR) is 86.8 cm³/mol. The van der Waals surface area contributed by atoms with Gasteiger partial charge in [0.2, 0.25) is 0 Å². The van der Waals surface area contributed by atoms with Gasteiger partial charge in [0.25, 0.3) is 0 Å². The second-order valence-electron chi connectivity index (χ2n) is 5.77. The summed E-state index contributed by atoms with van der Waals surface area (Å²) in [6.07, 6.45) is -0.235. The topological polar surface area (TPSA) is 104 Å². The van der Waals surface area contributed by atoms with Crippen LogP contribution in [0.5, 0.6) is 0 Å². The predicted octanol–water partition coefficient (Wildman–Crippen LogP) is 1.15. The number of hydrogen-bond donors (Lipinski definition) is 1. The van der Waals surface area contributed by atoms with Crippen molar-refractivity contribution in [2.75, 3.05) is 0 Å². The van der Waals surface area contributed by atoms with Gasteiger partial charge in [0.1, 0.15) is 11.9 Å². The Hall–Kier alpha value is -1.84. The number of thiazole rings is 1. The Morgan fingerprint density at radius 2 is 2.38 bits per heavy atom. The van der Waals surface area contributed by atoms with E-state index in [1.165, 1.54) is 11.5 Å². The number of nitrogens with zero attached hydrogens (tertiary/aromatic N) is 3. The summed E-state index contributed by atoms with van der Waals surface area (Å²) in [4.78, 5) is 32.0. The Balaban J connectivity index is 2.05. The highest BCUT2D eigenvalue weighted by molar-refractivity contribution is 7.16. The number of aliphatic hydroxyl groups is 1. The molecule has 2 aromatic heterocycles. The van der Waals surface area contributed by atoms with E-state index in [4.69, 9.17) is 9.47 Å².